The van der Waals surface area contributed by atoms with Crippen LogP contribution in [-0.2, 0) is 10.9 Å². The Morgan fingerprint density at radius 1 is 1.33 bits per heavy atom. The van der Waals surface area contributed by atoms with E-state index in [1.54, 1.807) is 0 Å². The molecule has 3 nitrogen and oxygen atoms in total. The summed E-state index contributed by atoms with van der Waals surface area (Å²) in [7, 11) is 0. The highest BCUT2D eigenvalue weighted by Crippen LogP contribution is 2.33. The molecule has 21 heavy (non-hydrogen) atoms. The Morgan fingerprint density at radius 2 is 2.05 bits per heavy atom. The van der Waals surface area contributed by atoms with Gasteiger partial charge in [0.1, 0.15) is 0 Å². The van der Waals surface area contributed by atoms with E-state index in [0.717, 1.165) is 25.0 Å². The van der Waals surface area contributed by atoms with Crippen molar-refractivity contribution >= 4 is 21.6 Å². The molecule has 0 radical (unpaired) electrons. The molecule has 0 aliphatic heterocycles. The van der Waals surface area contributed by atoms with Gasteiger partial charge in [0.25, 0.3) is 0 Å². The number of aliphatic hydroxyl groups is 1. The summed E-state index contributed by atoms with van der Waals surface area (Å²) in [5.74, 6) is 0. The van der Waals surface area contributed by atoms with Crippen LogP contribution in [0.2, 0.25) is 0 Å². The summed E-state index contributed by atoms with van der Waals surface area (Å²) in [4.78, 5) is 0. The van der Waals surface area contributed by atoms with Crippen molar-refractivity contribution in [2.45, 2.75) is 32.0 Å². The minimum atomic E-state index is -4.40. The highest BCUT2D eigenvalue weighted by molar-refractivity contribution is 9.10. The molecule has 0 aliphatic carbocycles. The fourth-order valence-electron chi connectivity index (χ4n) is 1.62. The maximum atomic E-state index is 12.7. The van der Waals surface area contributed by atoms with Crippen molar-refractivity contribution < 1.29 is 23.0 Å². The zero-order valence-corrected chi connectivity index (χ0v) is 13.3. The van der Waals surface area contributed by atoms with Crippen LogP contribution in [0.1, 0.15) is 25.3 Å². The highest BCUT2D eigenvalue weighted by Gasteiger charge is 2.31. The minimum Gasteiger partial charge on any atom is -0.389 e. The van der Waals surface area contributed by atoms with E-state index >= 15 is 0 Å². The third-order valence-corrected chi connectivity index (χ3v) is 3.18. The quantitative estimate of drug-likeness (QED) is 0.679. The van der Waals surface area contributed by atoms with E-state index in [2.05, 4.69) is 21.2 Å². The van der Waals surface area contributed by atoms with Gasteiger partial charge in [-0.3, -0.25) is 0 Å². The molecule has 0 aliphatic rings. The van der Waals surface area contributed by atoms with E-state index in [0.29, 0.717) is 16.8 Å². The average molecular weight is 370 g/mol. The monoisotopic (exact) mass is 369 g/mol. The number of hydrogen-bond acceptors (Lipinski definition) is 3. The van der Waals surface area contributed by atoms with Gasteiger partial charge in [-0.15, -0.1) is 0 Å². The number of nitrogens with one attached hydrogen (secondary N) is 1. The molecule has 1 unspecified atom stereocenters. The first-order valence-corrected chi connectivity index (χ1v) is 7.49. The fraction of sp³-hybridized carbons (Fsp3) is 0.571. The second-order valence-corrected chi connectivity index (χ2v) is 5.61. The Morgan fingerprint density at radius 3 is 2.67 bits per heavy atom. The van der Waals surface area contributed by atoms with Crippen LogP contribution in [0.4, 0.5) is 18.9 Å². The molecule has 0 spiro atoms. The Balaban J connectivity index is 2.49. The molecule has 0 amide bonds. The molecule has 1 atom stereocenters. The first-order chi connectivity index (χ1) is 9.82. The van der Waals surface area contributed by atoms with E-state index in [-0.39, 0.29) is 13.2 Å². The van der Waals surface area contributed by atoms with Gasteiger partial charge >= 0.3 is 6.18 Å². The predicted octanol–water partition coefficient (Wildman–Crippen LogP) is 4.06. The summed E-state index contributed by atoms with van der Waals surface area (Å²) in [6, 6.07) is 3.55. The van der Waals surface area contributed by atoms with E-state index in [1.807, 2.05) is 6.92 Å². The Kier molecular flexibility index (Phi) is 7.48. The number of ether oxygens (including phenoxy) is 1. The van der Waals surface area contributed by atoms with Crippen LogP contribution in [-0.4, -0.2) is 31.0 Å². The molecule has 0 aromatic heterocycles. The third kappa shape index (κ3) is 7.15. The largest absolute Gasteiger partial charge is 0.416 e. The molecule has 0 saturated heterocycles. The van der Waals surface area contributed by atoms with E-state index in [1.165, 1.54) is 6.07 Å². The third-order valence-electron chi connectivity index (χ3n) is 2.72. The summed E-state index contributed by atoms with van der Waals surface area (Å²) in [6.07, 6.45) is -3.25. The normalized spacial score (nSPS) is 13.2. The SMILES string of the molecule is CCCCOCC(O)CNc1cc(Br)cc(C(F)(F)F)c1. The molecular formula is C14H19BrF3NO2. The van der Waals surface area contributed by atoms with Gasteiger partial charge in [-0.05, 0) is 24.6 Å². The summed E-state index contributed by atoms with van der Waals surface area (Å²) >= 11 is 3.04. The topological polar surface area (TPSA) is 41.5 Å². The fourth-order valence-corrected chi connectivity index (χ4v) is 2.11. The number of unbranched alkanes of at least 4 members (excludes halogenated alkanes) is 1. The first-order valence-electron chi connectivity index (χ1n) is 6.70. The standard InChI is InChI=1S/C14H19BrF3NO2/c1-2-3-4-21-9-13(20)8-19-12-6-10(14(16,17)18)5-11(15)7-12/h5-7,13,19-20H,2-4,8-9H2,1H3. The lowest BCUT2D eigenvalue weighted by Crippen LogP contribution is -2.25. The van der Waals surface area contributed by atoms with E-state index in [4.69, 9.17) is 4.74 Å². The zero-order valence-electron chi connectivity index (χ0n) is 11.7. The van der Waals surface area contributed by atoms with E-state index in [9.17, 15) is 18.3 Å². The van der Waals surface area contributed by atoms with Gasteiger partial charge in [-0.1, -0.05) is 29.3 Å². The Hall–Kier alpha value is -0.790. The lowest BCUT2D eigenvalue weighted by molar-refractivity contribution is -0.137. The lowest BCUT2D eigenvalue weighted by atomic mass is 10.2. The molecule has 7 heteroatoms. The molecule has 0 saturated carbocycles. The predicted molar refractivity (Wildman–Crippen MR) is 79.4 cm³/mol. The Labute approximate surface area is 130 Å². The van der Waals surface area contributed by atoms with Crippen LogP contribution in [0.3, 0.4) is 0 Å². The minimum absolute atomic E-state index is 0.125. The van der Waals surface area contributed by atoms with Crippen LogP contribution >= 0.6 is 15.9 Å². The van der Waals surface area contributed by atoms with Crippen molar-refractivity contribution in [2.75, 3.05) is 25.1 Å². The molecule has 1 aromatic rings. The molecule has 120 valence electrons. The van der Waals surface area contributed by atoms with Crippen molar-refractivity contribution in [3.63, 3.8) is 0 Å². The van der Waals surface area contributed by atoms with Crippen LogP contribution in [0, 0.1) is 0 Å². The van der Waals surface area contributed by atoms with Crippen molar-refractivity contribution in [1.82, 2.24) is 0 Å². The van der Waals surface area contributed by atoms with Crippen molar-refractivity contribution in [3.05, 3.63) is 28.2 Å². The summed E-state index contributed by atoms with van der Waals surface area (Å²) < 4.78 is 43.6. The number of hydrogen-bond donors (Lipinski definition) is 2. The van der Waals surface area contributed by atoms with Crippen molar-refractivity contribution in [2.24, 2.45) is 0 Å². The molecule has 0 bridgehead atoms. The molecule has 1 rings (SSSR count). The maximum absolute atomic E-state index is 12.7. The van der Waals surface area contributed by atoms with Gasteiger partial charge in [0.15, 0.2) is 0 Å². The van der Waals surface area contributed by atoms with Gasteiger partial charge in [-0.25, -0.2) is 0 Å². The van der Waals surface area contributed by atoms with Crippen LogP contribution in [0.15, 0.2) is 22.7 Å². The molecule has 0 fully saturated rings. The van der Waals surface area contributed by atoms with Gasteiger partial charge in [0.2, 0.25) is 0 Å². The number of halogens is 4. The number of alkyl halides is 3. The van der Waals surface area contributed by atoms with Gasteiger partial charge in [0.05, 0.1) is 18.3 Å². The molecule has 2 N–H and O–H groups in total. The Bertz CT molecular complexity index is 441. The van der Waals surface area contributed by atoms with Gasteiger partial charge in [0, 0.05) is 23.3 Å². The van der Waals surface area contributed by atoms with Crippen LogP contribution in [0.25, 0.3) is 0 Å². The molecular weight excluding hydrogens is 351 g/mol. The number of anilines is 1. The number of rotatable bonds is 8. The van der Waals surface area contributed by atoms with Crippen molar-refractivity contribution in [3.8, 4) is 0 Å². The van der Waals surface area contributed by atoms with Crippen LogP contribution < -0.4 is 5.32 Å². The second-order valence-electron chi connectivity index (χ2n) is 4.69. The second kappa shape index (κ2) is 8.60. The molecule has 0 heterocycles. The zero-order chi connectivity index (χ0) is 15.9. The van der Waals surface area contributed by atoms with Crippen molar-refractivity contribution in [1.29, 1.82) is 0 Å². The first kappa shape index (κ1) is 18.3. The van der Waals surface area contributed by atoms with Crippen LogP contribution in [0.5, 0.6) is 0 Å². The van der Waals surface area contributed by atoms with E-state index < -0.39 is 17.8 Å². The number of benzene rings is 1. The smallest absolute Gasteiger partial charge is 0.389 e. The summed E-state index contributed by atoms with van der Waals surface area (Å²) in [6.45, 7) is 2.89. The summed E-state index contributed by atoms with van der Waals surface area (Å²) in [5, 5.41) is 12.5. The average Bonchev–Trinajstić information content (AvgIpc) is 2.40. The maximum Gasteiger partial charge on any atom is 0.416 e. The summed E-state index contributed by atoms with van der Waals surface area (Å²) in [5.41, 5.74) is -0.447. The number of aliphatic hydroxyl groups excluding tert-OH is 1. The van der Waals surface area contributed by atoms with Gasteiger partial charge in [-0.2, -0.15) is 13.2 Å². The lowest BCUT2D eigenvalue weighted by Gasteiger charge is -2.15. The highest BCUT2D eigenvalue weighted by atomic mass is 79.9. The molecule has 1 aromatic carbocycles. The van der Waals surface area contributed by atoms with Gasteiger partial charge < -0.3 is 15.2 Å².